The highest BCUT2D eigenvalue weighted by Crippen LogP contribution is 2.71. The van der Waals surface area contributed by atoms with Crippen molar-refractivity contribution in [2.24, 2.45) is 10.8 Å². The van der Waals surface area contributed by atoms with E-state index in [-0.39, 0.29) is 27.6 Å². The molecule has 0 aliphatic heterocycles. The molecule has 6 aliphatic rings. The quantitative estimate of drug-likeness (QED) is 0.208. The minimum Gasteiger partial charge on any atom is -0.339 e. The van der Waals surface area contributed by atoms with Gasteiger partial charge in [0.25, 0.3) is 0 Å². The molecule has 2 aromatic carbocycles. The van der Waals surface area contributed by atoms with Crippen molar-refractivity contribution >= 4 is 33.1 Å². The van der Waals surface area contributed by atoms with E-state index in [0.29, 0.717) is 32.2 Å². The van der Waals surface area contributed by atoms with E-state index in [1.807, 2.05) is 6.92 Å². The van der Waals surface area contributed by atoms with Gasteiger partial charge in [-0.15, -0.1) is 11.3 Å². The fourth-order valence-electron chi connectivity index (χ4n) is 8.76. The number of hydrogen-bond acceptors (Lipinski definition) is 6. The number of amides is 1. The number of aromatic nitrogens is 3. The van der Waals surface area contributed by atoms with Gasteiger partial charge in [-0.2, -0.15) is 4.98 Å². The zero-order chi connectivity index (χ0) is 30.5. The summed E-state index contributed by atoms with van der Waals surface area (Å²) in [6, 6.07) is 14.9. The number of halogens is 1. The maximum absolute atomic E-state index is 14.4. The van der Waals surface area contributed by atoms with Gasteiger partial charge in [0.05, 0.1) is 15.2 Å². The van der Waals surface area contributed by atoms with Crippen LogP contribution in [0, 0.1) is 17.8 Å². The van der Waals surface area contributed by atoms with Crippen LogP contribution in [0.25, 0.3) is 21.3 Å². The van der Waals surface area contributed by atoms with Crippen LogP contribution < -0.4 is 4.90 Å². The molecule has 6 fully saturated rings. The van der Waals surface area contributed by atoms with Gasteiger partial charge < -0.3 is 9.42 Å². The van der Waals surface area contributed by atoms with Crippen LogP contribution in [-0.2, 0) is 15.6 Å². The smallest absolute Gasteiger partial charge is 0.232 e. The number of alkyl halides is 1. The Labute approximate surface area is 262 Å². The monoisotopic (exact) mass is 612 g/mol. The average Bonchev–Trinajstić information content (AvgIpc) is 3.62. The van der Waals surface area contributed by atoms with Gasteiger partial charge in [-0.1, -0.05) is 44.1 Å². The van der Waals surface area contributed by atoms with Crippen LogP contribution in [0.2, 0.25) is 0 Å². The summed E-state index contributed by atoms with van der Waals surface area (Å²) in [6.45, 7) is 9.09. The highest BCUT2D eigenvalue weighted by Gasteiger charge is 2.69. The summed E-state index contributed by atoms with van der Waals surface area (Å²) in [5.41, 5.74) is 2.90. The molecule has 0 spiro atoms. The molecule has 4 aromatic rings. The zero-order valence-corrected chi connectivity index (χ0v) is 27.0. The average molecular weight is 613 g/mol. The number of anilines is 1. The molecule has 0 N–H and O–H groups in total. The van der Waals surface area contributed by atoms with Gasteiger partial charge in [0, 0.05) is 29.5 Å². The Bertz CT molecular complexity index is 1740. The molecular weight excluding hydrogens is 571 g/mol. The topological polar surface area (TPSA) is 72.1 Å². The fraction of sp³-hybridized carbons (Fsp3) is 0.556. The van der Waals surface area contributed by atoms with Gasteiger partial charge in [0.2, 0.25) is 11.8 Å². The molecule has 6 nitrogen and oxygen atoms in total. The van der Waals surface area contributed by atoms with Gasteiger partial charge >= 0.3 is 0 Å². The van der Waals surface area contributed by atoms with E-state index in [0.717, 1.165) is 77.6 Å². The third-order valence-corrected chi connectivity index (χ3v) is 12.3. The van der Waals surface area contributed by atoms with Crippen LogP contribution in [0.15, 0.2) is 47.0 Å². The third kappa shape index (κ3) is 4.62. The van der Waals surface area contributed by atoms with Crippen LogP contribution in [-0.4, -0.2) is 33.2 Å². The van der Waals surface area contributed by atoms with E-state index in [2.05, 4.69) is 78.3 Å². The van der Waals surface area contributed by atoms with E-state index in [9.17, 15) is 9.18 Å². The first-order valence-electron chi connectivity index (χ1n) is 16.2. The standard InChI is InChI=1S/C36H41FN4O2S/c1-23-38-27-9-8-25(17-28(27)44-23)24-6-5-7-26(16-24)41(29(42)18-34-19-36(37,20-34)21-34)22-33-10-13-35(14-11-33,15-12-33)31-39-30(40-43-31)32(2,3)4/h5-9,16-17H,10-15,18-22H2,1-4H3. The Balaban J connectivity index is 1.07. The van der Waals surface area contributed by atoms with Crippen molar-refractivity contribution in [2.45, 2.75) is 108 Å². The van der Waals surface area contributed by atoms with Crippen LogP contribution in [0.1, 0.15) is 102 Å². The number of fused-ring (bicyclic) bond motifs is 4. The first-order valence-corrected chi connectivity index (χ1v) is 17.0. The third-order valence-electron chi connectivity index (χ3n) is 11.3. The second-order valence-electron chi connectivity index (χ2n) is 15.8. The number of carbonyl (C=O) groups is 1. The lowest BCUT2D eigenvalue weighted by molar-refractivity contribution is -0.215. The number of nitrogens with zero attached hydrogens (tertiary/aromatic N) is 4. The number of thiazole rings is 1. The van der Waals surface area contributed by atoms with E-state index >= 15 is 0 Å². The zero-order valence-electron chi connectivity index (χ0n) is 26.2. The molecule has 0 unspecified atom stereocenters. The van der Waals surface area contributed by atoms with E-state index in [1.165, 1.54) is 4.70 Å². The number of hydrogen-bond donors (Lipinski definition) is 0. The second kappa shape index (κ2) is 9.44. The summed E-state index contributed by atoms with van der Waals surface area (Å²) >= 11 is 1.70. The largest absolute Gasteiger partial charge is 0.339 e. The van der Waals surface area contributed by atoms with Gasteiger partial charge in [-0.25, -0.2) is 9.37 Å². The molecule has 10 rings (SSSR count). The molecule has 6 saturated carbocycles. The van der Waals surface area contributed by atoms with Crippen LogP contribution >= 0.6 is 11.3 Å². The summed E-state index contributed by atoms with van der Waals surface area (Å²) in [5, 5.41) is 5.40. The Morgan fingerprint density at radius 2 is 1.66 bits per heavy atom. The molecule has 230 valence electrons. The van der Waals surface area contributed by atoms with Gasteiger partial charge in [0.15, 0.2) is 5.82 Å². The molecule has 44 heavy (non-hydrogen) atoms. The van der Waals surface area contributed by atoms with Crippen molar-refractivity contribution in [3.05, 3.63) is 59.2 Å². The molecule has 1 amide bonds. The minimum atomic E-state index is -1.00. The minimum absolute atomic E-state index is 0.0536. The molecule has 4 bridgehead atoms. The Kier molecular flexibility index (Phi) is 6.08. The van der Waals surface area contributed by atoms with Gasteiger partial charge in [0.1, 0.15) is 5.67 Å². The highest BCUT2D eigenvalue weighted by molar-refractivity contribution is 7.18. The highest BCUT2D eigenvalue weighted by atomic mass is 32.1. The Morgan fingerprint density at radius 3 is 2.32 bits per heavy atom. The number of rotatable bonds is 7. The van der Waals surface area contributed by atoms with E-state index < -0.39 is 5.67 Å². The maximum atomic E-state index is 14.4. The van der Waals surface area contributed by atoms with Crippen molar-refractivity contribution < 1.29 is 13.7 Å². The summed E-state index contributed by atoms with van der Waals surface area (Å²) in [6.07, 6.45) is 8.17. The molecule has 2 aromatic heterocycles. The van der Waals surface area contributed by atoms with Crippen molar-refractivity contribution in [3.63, 3.8) is 0 Å². The molecule has 8 heteroatoms. The lowest BCUT2D eigenvalue weighted by Crippen LogP contribution is -2.65. The van der Waals surface area contributed by atoms with Crippen molar-refractivity contribution in [1.29, 1.82) is 0 Å². The number of benzene rings is 2. The van der Waals surface area contributed by atoms with E-state index in [1.54, 1.807) is 11.3 Å². The molecule has 2 heterocycles. The molecule has 6 aliphatic carbocycles. The normalized spacial score (nSPS) is 30.7. The SMILES string of the molecule is Cc1nc2ccc(-c3cccc(N(CC45CCC(c6nc(C(C)(C)C)no6)(CC4)CC5)C(=O)CC45CC(F)(C4)C5)c3)cc2s1. The Morgan fingerprint density at radius 1 is 0.955 bits per heavy atom. The van der Waals surface area contributed by atoms with Crippen molar-refractivity contribution in [3.8, 4) is 11.1 Å². The first-order chi connectivity index (χ1) is 20.9. The fourth-order valence-corrected chi connectivity index (χ4v) is 9.63. The van der Waals surface area contributed by atoms with Crippen LogP contribution in [0.4, 0.5) is 10.1 Å². The van der Waals surface area contributed by atoms with Gasteiger partial charge in [-0.05, 0) is 111 Å². The number of carbonyl (C=O) groups excluding carboxylic acids is 1. The first kappa shape index (κ1) is 28.4. The summed E-state index contributed by atoms with van der Waals surface area (Å²) in [7, 11) is 0. The maximum Gasteiger partial charge on any atom is 0.232 e. The van der Waals surface area contributed by atoms with Crippen LogP contribution in [0.5, 0.6) is 0 Å². The summed E-state index contributed by atoms with van der Waals surface area (Å²) in [4.78, 5) is 25.8. The lowest BCUT2D eigenvalue weighted by Gasteiger charge is -2.66. The molecule has 0 saturated heterocycles. The summed E-state index contributed by atoms with van der Waals surface area (Å²) in [5.74, 6) is 1.71. The molecule has 0 radical (unpaired) electrons. The molecular formula is C36H41FN4O2S. The predicted octanol–water partition coefficient (Wildman–Crippen LogP) is 8.86. The van der Waals surface area contributed by atoms with Crippen molar-refractivity contribution in [1.82, 2.24) is 15.1 Å². The summed E-state index contributed by atoms with van der Waals surface area (Å²) < 4.78 is 21.5. The molecule has 0 atom stereocenters. The number of aryl methyl sites for hydroxylation is 1. The van der Waals surface area contributed by atoms with Gasteiger partial charge in [-0.3, -0.25) is 4.79 Å². The second-order valence-corrected chi connectivity index (χ2v) is 17.0. The van der Waals surface area contributed by atoms with E-state index in [4.69, 9.17) is 9.51 Å². The Hall–Kier alpha value is -3.13. The van der Waals surface area contributed by atoms with Crippen LogP contribution in [0.3, 0.4) is 0 Å². The lowest BCUT2D eigenvalue weighted by atomic mass is 9.41. The van der Waals surface area contributed by atoms with Crippen molar-refractivity contribution in [2.75, 3.05) is 11.4 Å². The predicted molar refractivity (Wildman–Crippen MR) is 172 cm³/mol.